The Labute approximate surface area is 194 Å². The molecule has 168 valence electrons. The fourth-order valence-corrected chi connectivity index (χ4v) is 3.45. The molecule has 1 amide bonds. The lowest BCUT2D eigenvalue weighted by molar-refractivity contribution is 0.102. The molecule has 1 aliphatic rings. The number of pyridine rings is 2. The van der Waals surface area contributed by atoms with Gasteiger partial charge in [0, 0.05) is 26.7 Å². The summed E-state index contributed by atoms with van der Waals surface area (Å²) in [5.41, 5.74) is 13.3. The highest BCUT2D eigenvalue weighted by molar-refractivity contribution is 6.03. The number of rotatable bonds is 7. The predicted octanol–water partition coefficient (Wildman–Crippen LogP) is 4.77. The molecule has 8 nitrogen and oxygen atoms in total. The molecule has 8 heteroatoms. The number of aromatic nitrogens is 2. The van der Waals surface area contributed by atoms with E-state index >= 15 is 0 Å². The normalized spacial score (nSPS) is 11.8. The molecule has 0 atom stereocenters. The molecule has 4 aromatic rings. The highest BCUT2D eigenvalue weighted by Crippen LogP contribution is 2.27. The molecule has 1 aliphatic heterocycles. The van der Waals surface area contributed by atoms with E-state index in [0.29, 0.717) is 23.8 Å². The van der Waals surface area contributed by atoms with Gasteiger partial charge in [-0.3, -0.25) is 15.2 Å². The molecule has 3 heterocycles. The van der Waals surface area contributed by atoms with Crippen molar-refractivity contribution in [2.75, 3.05) is 22.8 Å². The molecule has 2 aromatic heterocycles. The third-order valence-electron chi connectivity index (χ3n) is 5.18. The van der Waals surface area contributed by atoms with Crippen LogP contribution in [0.1, 0.15) is 18.9 Å². The lowest BCUT2D eigenvalue weighted by atomic mass is 10.1. The largest absolute Gasteiger partial charge is 0.493 e. The van der Waals surface area contributed by atoms with Gasteiger partial charge >= 0.3 is 0 Å². The van der Waals surface area contributed by atoms with Crippen molar-refractivity contribution < 1.29 is 12.4 Å². The van der Waals surface area contributed by atoms with Crippen molar-refractivity contribution in [3.63, 3.8) is 0 Å². The van der Waals surface area contributed by atoms with E-state index in [0.717, 1.165) is 29.1 Å². The number of ether oxygens (including phenoxy) is 1. The van der Waals surface area contributed by atoms with Gasteiger partial charge in [0.1, 0.15) is 11.4 Å². The summed E-state index contributed by atoms with van der Waals surface area (Å²) in [5, 5.41) is 2.88. The molecule has 0 fully saturated rings. The number of fused-ring (bicyclic) bond motifs is 1. The maximum atomic E-state index is 12.7. The van der Waals surface area contributed by atoms with Crippen molar-refractivity contribution in [3.05, 3.63) is 96.3 Å². The fourth-order valence-electron chi connectivity index (χ4n) is 3.45. The van der Waals surface area contributed by atoms with Crippen LogP contribution in [0.15, 0.2) is 85.1 Å². The third-order valence-corrected chi connectivity index (χ3v) is 5.18. The van der Waals surface area contributed by atoms with Crippen LogP contribution in [0.3, 0.4) is 0 Å². The van der Waals surface area contributed by atoms with Gasteiger partial charge in [-0.15, -0.1) is 5.53 Å². The van der Waals surface area contributed by atoms with Gasteiger partial charge in [-0.2, -0.15) is 0 Å². The van der Waals surface area contributed by atoms with Crippen LogP contribution in [0.25, 0.3) is 11.3 Å². The molecular formula is C25H26N6O2. The maximum Gasteiger partial charge on any atom is 0.274 e. The van der Waals surface area contributed by atoms with E-state index in [1.54, 1.807) is 12.3 Å². The van der Waals surface area contributed by atoms with E-state index in [1.165, 1.54) is 5.56 Å². The summed E-state index contributed by atoms with van der Waals surface area (Å²) in [6.45, 7) is 0.588. The number of nitrogens with one attached hydrogen (secondary N) is 4. The monoisotopic (exact) mass is 442 g/mol. The molecule has 33 heavy (non-hydrogen) atoms. The van der Waals surface area contributed by atoms with Crippen LogP contribution in [0.2, 0.25) is 0 Å². The van der Waals surface area contributed by atoms with Crippen LogP contribution in [-0.2, 0) is 6.42 Å². The predicted molar refractivity (Wildman–Crippen MR) is 132 cm³/mol. The van der Waals surface area contributed by atoms with Crippen molar-refractivity contribution in [2.45, 2.75) is 6.42 Å². The molecule has 5 rings (SSSR count). The van der Waals surface area contributed by atoms with Crippen molar-refractivity contribution in [1.29, 1.82) is 0 Å². The second-order valence-electron chi connectivity index (χ2n) is 7.46. The Morgan fingerprint density at radius 1 is 0.970 bits per heavy atom. The summed E-state index contributed by atoms with van der Waals surface area (Å²) in [7, 11) is 0. The summed E-state index contributed by atoms with van der Waals surface area (Å²) < 4.78 is 5.80. The summed E-state index contributed by atoms with van der Waals surface area (Å²) in [4.78, 5) is 21.5. The molecule has 0 saturated heterocycles. The lowest BCUT2D eigenvalue weighted by Gasteiger charge is -2.09. The summed E-state index contributed by atoms with van der Waals surface area (Å²) in [6.07, 6.45) is 2.44. The zero-order chi connectivity index (χ0) is 22.5. The standard InChI is InChI=1S/C25H22N6O2.2H2/c32-25(23-16-18(12-14-26-23)21-10-11-22-24(28-21)30-31-29-22)27-19-6-8-20(9-7-19)33-15-13-17-4-2-1-3-5-17;;/h1-12,14,16,29,31H,13,15H2,(H,27,32)(H,28,30);2*1H. The first kappa shape index (κ1) is 20.5. The average molecular weight is 443 g/mol. The van der Waals surface area contributed by atoms with Crippen LogP contribution in [-0.4, -0.2) is 22.5 Å². The fraction of sp³-hybridized carbons (Fsp3) is 0.0800. The van der Waals surface area contributed by atoms with E-state index in [1.807, 2.05) is 60.7 Å². The number of hydrogen-bond donors (Lipinski definition) is 4. The second-order valence-corrected chi connectivity index (χ2v) is 7.46. The zero-order valence-electron chi connectivity index (χ0n) is 17.7. The number of carbonyl (C=O) groups excluding carboxylic acids is 1. The van der Waals surface area contributed by atoms with Gasteiger partial charge in [-0.05, 0) is 54.1 Å². The molecular weight excluding hydrogens is 416 g/mol. The van der Waals surface area contributed by atoms with Crippen LogP contribution >= 0.6 is 0 Å². The van der Waals surface area contributed by atoms with Gasteiger partial charge < -0.3 is 15.5 Å². The topological polar surface area (TPSA) is 100 Å². The molecule has 0 unspecified atom stereocenters. The maximum absolute atomic E-state index is 12.7. The Hall–Kier alpha value is -4.43. The molecule has 4 N–H and O–H groups in total. The van der Waals surface area contributed by atoms with E-state index in [9.17, 15) is 4.79 Å². The van der Waals surface area contributed by atoms with E-state index < -0.39 is 0 Å². The number of hydrazine groups is 2. The zero-order valence-corrected chi connectivity index (χ0v) is 17.7. The van der Waals surface area contributed by atoms with Crippen molar-refractivity contribution in [3.8, 4) is 17.0 Å². The number of anilines is 3. The number of nitrogens with zero attached hydrogens (tertiary/aromatic N) is 2. The van der Waals surface area contributed by atoms with E-state index in [-0.39, 0.29) is 8.76 Å². The first-order chi connectivity index (χ1) is 16.2. The van der Waals surface area contributed by atoms with Crippen LogP contribution in [0.5, 0.6) is 5.75 Å². The van der Waals surface area contributed by atoms with Crippen LogP contribution < -0.4 is 26.4 Å². The van der Waals surface area contributed by atoms with E-state index in [2.05, 4.69) is 43.8 Å². The van der Waals surface area contributed by atoms with Gasteiger partial charge in [-0.25, -0.2) is 4.98 Å². The average Bonchev–Trinajstić information content (AvgIpc) is 3.34. The Morgan fingerprint density at radius 3 is 2.67 bits per heavy atom. The highest BCUT2D eigenvalue weighted by atomic mass is 16.5. The summed E-state index contributed by atoms with van der Waals surface area (Å²) >= 11 is 0. The molecule has 0 bridgehead atoms. The minimum Gasteiger partial charge on any atom is -0.493 e. The Balaban J connectivity index is 0.00000171. The first-order valence-electron chi connectivity index (χ1n) is 10.6. The molecule has 0 aliphatic carbocycles. The molecule has 0 radical (unpaired) electrons. The van der Waals surface area contributed by atoms with Crippen LogP contribution in [0.4, 0.5) is 17.2 Å². The van der Waals surface area contributed by atoms with Gasteiger partial charge in [-0.1, -0.05) is 30.3 Å². The van der Waals surface area contributed by atoms with Gasteiger partial charge in [0.25, 0.3) is 5.91 Å². The Bertz CT molecular complexity index is 1270. The Kier molecular flexibility index (Phi) is 5.81. The van der Waals surface area contributed by atoms with Crippen molar-refractivity contribution in [1.82, 2.24) is 15.5 Å². The SMILES string of the molecule is O=C(Nc1ccc(OCCc2ccccc2)cc1)c1cc(-c2ccc3c(n2)NNN3)ccn1.[HH].[HH]. The van der Waals surface area contributed by atoms with Gasteiger partial charge in [0.05, 0.1) is 18.0 Å². The highest BCUT2D eigenvalue weighted by Gasteiger charge is 2.14. The van der Waals surface area contributed by atoms with E-state index in [4.69, 9.17) is 4.74 Å². The van der Waals surface area contributed by atoms with Gasteiger partial charge in [0.15, 0.2) is 5.82 Å². The van der Waals surface area contributed by atoms with Crippen molar-refractivity contribution in [2.24, 2.45) is 0 Å². The number of benzene rings is 2. The molecule has 2 aromatic carbocycles. The summed E-state index contributed by atoms with van der Waals surface area (Å²) in [5.74, 6) is 1.16. The second kappa shape index (κ2) is 9.37. The number of amides is 1. The molecule has 0 saturated carbocycles. The van der Waals surface area contributed by atoms with Crippen LogP contribution in [0, 0.1) is 0 Å². The van der Waals surface area contributed by atoms with Gasteiger partial charge in [0.2, 0.25) is 0 Å². The number of carbonyl (C=O) groups is 1. The third kappa shape index (κ3) is 4.91. The first-order valence-corrected chi connectivity index (χ1v) is 10.6. The molecule has 0 spiro atoms. The quantitative estimate of drug-likeness (QED) is 0.327. The minimum absolute atomic E-state index is 0. The lowest BCUT2D eigenvalue weighted by Crippen LogP contribution is -2.19. The summed E-state index contributed by atoms with van der Waals surface area (Å²) in [6, 6.07) is 24.8. The van der Waals surface area contributed by atoms with Crippen molar-refractivity contribution >= 4 is 23.1 Å². The smallest absolute Gasteiger partial charge is 0.274 e. The number of hydrogen-bond acceptors (Lipinski definition) is 7. The Morgan fingerprint density at radius 2 is 1.82 bits per heavy atom. The minimum atomic E-state index is -0.294.